The van der Waals surface area contributed by atoms with Crippen LogP contribution in [0.4, 0.5) is 0 Å². The van der Waals surface area contributed by atoms with Crippen LogP contribution in [0.1, 0.15) is 0 Å². The minimum atomic E-state index is 1.18. The minimum Gasteiger partial charge on any atom is -0.309 e. The van der Waals surface area contributed by atoms with Crippen LogP contribution in [0.2, 0.25) is 0 Å². The summed E-state index contributed by atoms with van der Waals surface area (Å²) in [5.74, 6) is 0. The van der Waals surface area contributed by atoms with Crippen molar-refractivity contribution in [1.29, 1.82) is 0 Å². The minimum absolute atomic E-state index is 1.18. The monoisotopic (exact) mass is 569 g/mol. The van der Waals surface area contributed by atoms with Crippen LogP contribution < -0.4 is 0 Å². The average molecular weight is 570 g/mol. The summed E-state index contributed by atoms with van der Waals surface area (Å²) in [6.45, 7) is 0. The van der Waals surface area contributed by atoms with E-state index in [2.05, 4.69) is 168 Å². The maximum Gasteiger partial charge on any atom is 0.0547 e. The van der Waals surface area contributed by atoms with E-state index in [0.717, 1.165) is 0 Å². The van der Waals surface area contributed by atoms with Gasteiger partial charge in [-0.2, -0.15) is 0 Å². The summed E-state index contributed by atoms with van der Waals surface area (Å²) in [5.41, 5.74) is 6.14. The van der Waals surface area contributed by atoms with Gasteiger partial charge in [-0.25, -0.2) is 0 Å². The highest BCUT2D eigenvalue weighted by Gasteiger charge is 2.15. The van der Waals surface area contributed by atoms with Crippen LogP contribution >= 0.6 is 0 Å². The second kappa shape index (κ2) is 9.29. The molecule has 9 aromatic carbocycles. The number of rotatable bonds is 2. The Morgan fingerprint density at radius 3 is 1.51 bits per heavy atom. The standard InChI is InChI=1S/C44H27N/c1-2-10-32(11-3-1)45-43-17-9-8-16-39(43)42-27-40-31(26-44(42)45)19-18-30-24-28(20-22-33(30)40)29-21-23-38-36-14-5-4-12-34(36)35-13-6-7-15-37(35)41(38)25-29/h1-27H. The van der Waals surface area contributed by atoms with Crippen molar-refractivity contribution in [2.24, 2.45) is 0 Å². The Bertz CT molecular complexity index is 2770. The summed E-state index contributed by atoms with van der Waals surface area (Å²) < 4.78 is 2.39. The van der Waals surface area contributed by atoms with Crippen molar-refractivity contribution in [3.63, 3.8) is 0 Å². The second-order valence-corrected chi connectivity index (χ2v) is 12.1. The summed E-state index contributed by atoms with van der Waals surface area (Å²) >= 11 is 0. The molecule has 10 aromatic rings. The highest BCUT2D eigenvalue weighted by molar-refractivity contribution is 6.26. The number of hydrogen-bond donors (Lipinski definition) is 0. The van der Waals surface area contributed by atoms with Gasteiger partial charge in [-0.3, -0.25) is 0 Å². The van der Waals surface area contributed by atoms with E-state index in [0.29, 0.717) is 0 Å². The third-order valence-electron chi connectivity index (χ3n) is 9.72. The van der Waals surface area contributed by atoms with E-state index < -0.39 is 0 Å². The molecule has 0 amide bonds. The molecule has 0 spiro atoms. The third-order valence-corrected chi connectivity index (χ3v) is 9.72. The zero-order valence-corrected chi connectivity index (χ0v) is 24.5. The number of fused-ring (bicyclic) bond motifs is 12. The van der Waals surface area contributed by atoms with E-state index in [1.807, 2.05) is 0 Å². The van der Waals surface area contributed by atoms with Crippen molar-refractivity contribution in [1.82, 2.24) is 4.57 Å². The maximum absolute atomic E-state index is 2.40. The van der Waals surface area contributed by atoms with Gasteiger partial charge in [0.1, 0.15) is 0 Å². The molecule has 0 bridgehead atoms. The fraction of sp³-hybridized carbons (Fsp3) is 0. The van der Waals surface area contributed by atoms with Crippen LogP contribution in [-0.2, 0) is 0 Å². The number of para-hydroxylation sites is 2. The quantitative estimate of drug-likeness (QED) is 0.183. The van der Waals surface area contributed by atoms with Crippen molar-refractivity contribution < 1.29 is 0 Å². The number of nitrogens with zero attached hydrogens (tertiary/aromatic N) is 1. The molecule has 1 heteroatoms. The Morgan fingerprint density at radius 1 is 0.267 bits per heavy atom. The van der Waals surface area contributed by atoms with E-state index in [9.17, 15) is 0 Å². The zero-order valence-electron chi connectivity index (χ0n) is 24.5. The van der Waals surface area contributed by atoms with Crippen LogP contribution in [0.5, 0.6) is 0 Å². The Kier molecular flexibility index (Phi) is 5.06. The van der Waals surface area contributed by atoms with Crippen molar-refractivity contribution in [2.45, 2.75) is 0 Å². The molecule has 0 aliphatic carbocycles. The van der Waals surface area contributed by atoms with Gasteiger partial charge in [-0.05, 0) is 107 Å². The first-order chi connectivity index (χ1) is 22.3. The molecule has 208 valence electrons. The summed E-state index contributed by atoms with van der Waals surface area (Å²) in [6, 6.07) is 60.3. The van der Waals surface area contributed by atoms with E-state index in [1.54, 1.807) is 0 Å². The molecule has 1 aromatic heterocycles. The van der Waals surface area contributed by atoms with Gasteiger partial charge in [-0.1, -0.05) is 121 Å². The Morgan fingerprint density at radius 2 is 0.800 bits per heavy atom. The summed E-state index contributed by atoms with van der Waals surface area (Å²) in [6.07, 6.45) is 0. The molecule has 0 aliphatic rings. The third kappa shape index (κ3) is 3.56. The molecule has 0 saturated carbocycles. The Hall–Kier alpha value is -5.92. The first-order valence-corrected chi connectivity index (χ1v) is 15.6. The smallest absolute Gasteiger partial charge is 0.0547 e. The highest BCUT2D eigenvalue weighted by Crippen LogP contribution is 2.40. The summed E-state index contributed by atoms with van der Waals surface area (Å²) in [5, 5.41) is 15.5. The topological polar surface area (TPSA) is 4.93 Å². The fourth-order valence-electron chi connectivity index (χ4n) is 7.65. The van der Waals surface area contributed by atoms with Crippen LogP contribution in [-0.4, -0.2) is 4.57 Å². The molecular weight excluding hydrogens is 542 g/mol. The molecule has 0 fully saturated rings. The predicted octanol–water partition coefficient (Wildman–Crippen LogP) is 12.2. The largest absolute Gasteiger partial charge is 0.309 e. The fourth-order valence-corrected chi connectivity index (χ4v) is 7.65. The molecule has 0 unspecified atom stereocenters. The van der Waals surface area contributed by atoms with E-state index in [-0.39, 0.29) is 0 Å². The normalized spacial score (nSPS) is 12.0. The molecule has 0 saturated heterocycles. The van der Waals surface area contributed by atoms with Crippen LogP contribution in [0.15, 0.2) is 164 Å². The summed E-state index contributed by atoms with van der Waals surface area (Å²) in [4.78, 5) is 0. The van der Waals surface area contributed by atoms with E-state index in [1.165, 1.54) is 92.5 Å². The first kappa shape index (κ1) is 24.5. The average Bonchev–Trinajstić information content (AvgIpc) is 3.44. The van der Waals surface area contributed by atoms with Gasteiger partial charge in [0.05, 0.1) is 11.0 Å². The SMILES string of the molecule is c1ccc(-n2c3ccccc3c3cc4c(ccc5cc(-c6ccc7c8ccccc8c8ccccc8c7c6)ccc54)cc32)cc1. The lowest BCUT2D eigenvalue weighted by Gasteiger charge is -2.13. The van der Waals surface area contributed by atoms with Crippen molar-refractivity contribution in [2.75, 3.05) is 0 Å². The molecule has 0 atom stereocenters. The van der Waals surface area contributed by atoms with E-state index in [4.69, 9.17) is 0 Å². The lowest BCUT2D eigenvalue weighted by Crippen LogP contribution is -1.93. The van der Waals surface area contributed by atoms with Crippen molar-refractivity contribution >= 4 is 75.7 Å². The van der Waals surface area contributed by atoms with Gasteiger partial charge in [0.15, 0.2) is 0 Å². The molecule has 10 rings (SSSR count). The highest BCUT2D eigenvalue weighted by atomic mass is 15.0. The molecule has 0 N–H and O–H groups in total. The predicted molar refractivity (Wildman–Crippen MR) is 194 cm³/mol. The Labute approximate surface area is 260 Å². The zero-order chi connectivity index (χ0) is 29.5. The molecule has 0 aliphatic heterocycles. The molecule has 1 heterocycles. The van der Waals surface area contributed by atoms with Gasteiger partial charge in [0.25, 0.3) is 0 Å². The lowest BCUT2D eigenvalue weighted by molar-refractivity contribution is 1.18. The number of aromatic nitrogens is 1. The first-order valence-electron chi connectivity index (χ1n) is 15.6. The van der Waals surface area contributed by atoms with Crippen molar-refractivity contribution in [3.05, 3.63) is 164 Å². The van der Waals surface area contributed by atoms with Gasteiger partial charge >= 0.3 is 0 Å². The molecule has 1 nitrogen and oxygen atoms in total. The number of benzene rings is 9. The molecule has 0 radical (unpaired) electrons. The van der Waals surface area contributed by atoms with Crippen molar-refractivity contribution in [3.8, 4) is 16.8 Å². The van der Waals surface area contributed by atoms with Gasteiger partial charge in [0.2, 0.25) is 0 Å². The van der Waals surface area contributed by atoms with Crippen LogP contribution in [0.25, 0.3) is 92.5 Å². The van der Waals surface area contributed by atoms with Gasteiger partial charge in [-0.15, -0.1) is 0 Å². The Balaban J connectivity index is 1.18. The lowest BCUT2D eigenvalue weighted by atomic mass is 9.91. The molecular formula is C44H27N. The van der Waals surface area contributed by atoms with Crippen LogP contribution in [0.3, 0.4) is 0 Å². The van der Waals surface area contributed by atoms with Gasteiger partial charge < -0.3 is 4.57 Å². The second-order valence-electron chi connectivity index (χ2n) is 12.1. The number of hydrogen-bond acceptors (Lipinski definition) is 0. The van der Waals surface area contributed by atoms with E-state index >= 15 is 0 Å². The maximum atomic E-state index is 2.40. The van der Waals surface area contributed by atoms with Crippen LogP contribution in [0, 0.1) is 0 Å². The summed E-state index contributed by atoms with van der Waals surface area (Å²) in [7, 11) is 0. The van der Waals surface area contributed by atoms with Gasteiger partial charge in [0, 0.05) is 16.5 Å². The molecule has 45 heavy (non-hydrogen) atoms.